The van der Waals surface area contributed by atoms with Crippen molar-refractivity contribution in [1.82, 2.24) is 5.32 Å². The molecule has 0 spiro atoms. The van der Waals surface area contributed by atoms with E-state index >= 15 is 0 Å². The monoisotopic (exact) mass is 301 g/mol. The summed E-state index contributed by atoms with van der Waals surface area (Å²) in [5.74, 6) is 1.20. The van der Waals surface area contributed by atoms with Gasteiger partial charge in [0.1, 0.15) is 5.82 Å². The first-order chi connectivity index (χ1) is 10.8. The molecule has 1 saturated carbocycles. The van der Waals surface area contributed by atoms with Gasteiger partial charge in [-0.25, -0.2) is 4.39 Å². The van der Waals surface area contributed by atoms with E-state index in [2.05, 4.69) is 11.9 Å². The lowest BCUT2D eigenvalue weighted by atomic mass is 9.77. The summed E-state index contributed by atoms with van der Waals surface area (Å²) in [6, 6.07) is 5.84. The third kappa shape index (κ3) is 3.60. The second-order valence-electron chi connectivity index (χ2n) is 7.03. The van der Waals surface area contributed by atoms with Crippen LogP contribution in [0.3, 0.4) is 0 Å². The quantitative estimate of drug-likeness (QED) is 0.757. The molecule has 1 fully saturated rings. The standard InChI is InChI=1S/C20H28FN/c1-2-6-19-18-11-10-17(21)13-16(18)9-12-20(19)22-14-15-7-4-3-5-8-15/h2,10-11,13,15,19-20,22H,1,3-9,12,14H2. The summed E-state index contributed by atoms with van der Waals surface area (Å²) in [6.45, 7) is 5.08. The Bertz CT molecular complexity index is 504. The second kappa shape index (κ2) is 7.41. The molecule has 0 radical (unpaired) electrons. The first-order valence-electron chi connectivity index (χ1n) is 8.90. The average Bonchev–Trinajstić information content (AvgIpc) is 2.55. The molecule has 22 heavy (non-hydrogen) atoms. The first kappa shape index (κ1) is 15.7. The Labute approximate surface area is 134 Å². The number of aryl methyl sites for hydroxylation is 1. The lowest BCUT2D eigenvalue weighted by molar-refractivity contribution is 0.302. The highest BCUT2D eigenvalue weighted by Gasteiger charge is 2.29. The first-order valence-corrected chi connectivity index (χ1v) is 8.90. The predicted octanol–water partition coefficient (Wildman–Crippen LogP) is 4.97. The molecule has 0 saturated heterocycles. The molecule has 1 aromatic rings. The van der Waals surface area contributed by atoms with Crippen LogP contribution in [0.15, 0.2) is 30.9 Å². The zero-order valence-corrected chi connectivity index (χ0v) is 13.5. The van der Waals surface area contributed by atoms with Crippen LogP contribution < -0.4 is 5.32 Å². The highest BCUT2D eigenvalue weighted by Crippen LogP contribution is 2.35. The van der Waals surface area contributed by atoms with Gasteiger partial charge >= 0.3 is 0 Å². The van der Waals surface area contributed by atoms with E-state index in [1.807, 2.05) is 12.1 Å². The Hall–Kier alpha value is -1.15. The summed E-state index contributed by atoms with van der Waals surface area (Å²) < 4.78 is 13.5. The number of nitrogens with one attached hydrogen (secondary N) is 1. The van der Waals surface area contributed by atoms with Crippen LogP contribution in [0.25, 0.3) is 0 Å². The van der Waals surface area contributed by atoms with Gasteiger partial charge in [0.15, 0.2) is 0 Å². The van der Waals surface area contributed by atoms with E-state index in [9.17, 15) is 4.39 Å². The molecule has 2 aliphatic rings. The van der Waals surface area contributed by atoms with Gasteiger partial charge < -0.3 is 5.32 Å². The number of fused-ring (bicyclic) bond motifs is 1. The third-order valence-corrected chi connectivity index (χ3v) is 5.53. The van der Waals surface area contributed by atoms with Crippen LogP contribution in [0.5, 0.6) is 0 Å². The zero-order valence-electron chi connectivity index (χ0n) is 13.5. The minimum Gasteiger partial charge on any atom is -0.313 e. The third-order valence-electron chi connectivity index (χ3n) is 5.53. The molecule has 0 heterocycles. The molecule has 2 heteroatoms. The van der Waals surface area contributed by atoms with E-state index < -0.39 is 0 Å². The van der Waals surface area contributed by atoms with Crippen LogP contribution in [0, 0.1) is 11.7 Å². The van der Waals surface area contributed by atoms with Crippen molar-refractivity contribution >= 4 is 0 Å². The van der Waals surface area contributed by atoms with Crippen LogP contribution >= 0.6 is 0 Å². The molecule has 3 rings (SSSR count). The Morgan fingerprint density at radius 3 is 2.77 bits per heavy atom. The fourth-order valence-electron chi connectivity index (χ4n) is 4.31. The Morgan fingerprint density at radius 2 is 2.00 bits per heavy atom. The summed E-state index contributed by atoms with van der Waals surface area (Å²) in [6.07, 6.45) is 12.1. The van der Waals surface area contributed by atoms with Crippen molar-refractivity contribution in [3.05, 3.63) is 47.8 Å². The molecule has 0 aromatic heterocycles. The second-order valence-corrected chi connectivity index (χ2v) is 7.03. The summed E-state index contributed by atoms with van der Waals surface area (Å²) in [4.78, 5) is 0. The van der Waals surface area contributed by atoms with Crippen molar-refractivity contribution in [2.24, 2.45) is 5.92 Å². The summed E-state index contributed by atoms with van der Waals surface area (Å²) >= 11 is 0. The predicted molar refractivity (Wildman–Crippen MR) is 90.6 cm³/mol. The van der Waals surface area contributed by atoms with E-state index in [4.69, 9.17) is 0 Å². The lowest BCUT2D eigenvalue weighted by Crippen LogP contribution is -2.41. The SMILES string of the molecule is C=CCC1c2ccc(F)cc2CCC1NCC1CCCCC1. The molecule has 2 unspecified atom stereocenters. The average molecular weight is 301 g/mol. The van der Waals surface area contributed by atoms with Crippen molar-refractivity contribution in [2.45, 2.75) is 63.3 Å². The van der Waals surface area contributed by atoms with E-state index in [-0.39, 0.29) is 5.82 Å². The largest absolute Gasteiger partial charge is 0.313 e. The molecule has 0 amide bonds. The fraction of sp³-hybridized carbons (Fsp3) is 0.600. The molecule has 120 valence electrons. The molecular weight excluding hydrogens is 273 g/mol. The zero-order chi connectivity index (χ0) is 15.4. The van der Waals surface area contributed by atoms with Crippen molar-refractivity contribution in [3.8, 4) is 0 Å². The minimum absolute atomic E-state index is 0.107. The van der Waals surface area contributed by atoms with Crippen LogP contribution in [-0.4, -0.2) is 12.6 Å². The van der Waals surface area contributed by atoms with Crippen molar-refractivity contribution in [1.29, 1.82) is 0 Å². The van der Waals surface area contributed by atoms with Gasteiger partial charge in [-0.15, -0.1) is 6.58 Å². The molecule has 1 nitrogen and oxygen atoms in total. The maximum absolute atomic E-state index is 13.5. The normalized spacial score (nSPS) is 25.7. The van der Waals surface area contributed by atoms with Crippen LogP contribution in [0.1, 0.15) is 62.0 Å². The molecule has 1 N–H and O–H groups in total. The van der Waals surface area contributed by atoms with Crippen LogP contribution in [0.2, 0.25) is 0 Å². The highest BCUT2D eigenvalue weighted by atomic mass is 19.1. The number of rotatable bonds is 5. The number of benzene rings is 1. The van der Waals surface area contributed by atoms with Gasteiger partial charge in [0.25, 0.3) is 0 Å². The van der Waals surface area contributed by atoms with Gasteiger partial charge in [0, 0.05) is 12.0 Å². The van der Waals surface area contributed by atoms with E-state index in [0.29, 0.717) is 12.0 Å². The van der Waals surface area contributed by atoms with Gasteiger partial charge in [0.05, 0.1) is 0 Å². The molecular formula is C20H28FN. The topological polar surface area (TPSA) is 12.0 Å². The Morgan fingerprint density at radius 1 is 1.18 bits per heavy atom. The molecule has 2 aliphatic carbocycles. The van der Waals surface area contributed by atoms with Crippen LogP contribution in [0.4, 0.5) is 4.39 Å². The molecule has 0 aliphatic heterocycles. The van der Waals surface area contributed by atoms with Crippen molar-refractivity contribution < 1.29 is 4.39 Å². The van der Waals surface area contributed by atoms with E-state index in [1.165, 1.54) is 43.2 Å². The lowest BCUT2D eigenvalue weighted by Gasteiger charge is -2.35. The summed E-state index contributed by atoms with van der Waals surface area (Å²) in [5, 5.41) is 3.84. The van der Waals surface area contributed by atoms with Gasteiger partial charge in [-0.05, 0) is 67.8 Å². The van der Waals surface area contributed by atoms with Crippen LogP contribution in [-0.2, 0) is 6.42 Å². The maximum Gasteiger partial charge on any atom is 0.123 e. The molecule has 2 atom stereocenters. The Kier molecular flexibility index (Phi) is 5.30. The number of halogens is 1. The van der Waals surface area contributed by atoms with Gasteiger partial charge in [-0.2, -0.15) is 0 Å². The summed E-state index contributed by atoms with van der Waals surface area (Å²) in [7, 11) is 0. The molecule has 1 aromatic carbocycles. The maximum atomic E-state index is 13.5. The van der Waals surface area contributed by atoms with Crippen molar-refractivity contribution in [2.75, 3.05) is 6.54 Å². The number of hydrogen-bond acceptors (Lipinski definition) is 1. The van der Waals surface area contributed by atoms with Gasteiger partial charge in [-0.3, -0.25) is 0 Å². The van der Waals surface area contributed by atoms with E-state index in [1.54, 1.807) is 12.1 Å². The van der Waals surface area contributed by atoms with Gasteiger partial charge in [0.2, 0.25) is 0 Å². The summed E-state index contributed by atoms with van der Waals surface area (Å²) in [5.41, 5.74) is 2.52. The number of hydrogen-bond donors (Lipinski definition) is 1. The fourth-order valence-corrected chi connectivity index (χ4v) is 4.31. The Balaban J connectivity index is 1.68. The van der Waals surface area contributed by atoms with Crippen molar-refractivity contribution in [3.63, 3.8) is 0 Å². The number of allylic oxidation sites excluding steroid dienone is 1. The van der Waals surface area contributed by atoms with E-state index in [0.717, 1.165) is 31.7 Å². The minimum atomic E-state index is -0.107. The van der Waals surface area contributed by atoms with Gasteiger partial charge in [-0.1, -0.05) is 31.4 Å². The highest BCUT2D eigenvalue weighted by molar-refractivity contribution is 5.35. The smallest absolute Gasteiger partial charge is 0.123 e. The molecule has 0 bridgehead atoms.